The summed E-state index contributed by atoms with van der Waals surface area (Å²) < 4.78 is 13.4. The van der Waals surface area contributed by atoms with E-state index in [4.69, 9.17) is 11.6 Å². The number of benzene rings is 2. The van der Waals surface area contributed by atoms with E-state index in [1.165, 1.54) is 24.5 Å². The molecule has 2 N–H and O–H groups in total. The number of halogens is 2. The molecule has 26 heavy (non-hydrogen) atoms. The van der Waals surface area contributed by atoms with E-state index < -0.39 is 5.92 Å². The van der Waals surface area contributed by atoms with Crippen molar-refractivity contribution in [1.82, 2.24) is 10.3 Å². The Morgan fingerprint density at radius 3 is 2.92 bits per heavy atom. The highest BCUT2D eigenvalue weighted by Crippen LogP contribution is 2.29. The van der Waals surface area contributed by atoms with Gasteiger partial charge in [-0.1, -0.05) is 11.6 Å². The second-order valence-corrected chi connectivity index (χ2v) is 6.47. The van der Waals surface area contributed by atoms with Gasteiger partial charge in [-0.05, 0) is 42.0 Å². The number of hydrogen-bond donors (Lipinski definition) is 2. The van der Waals surface area contributed by atoms with Crippen LogP contribution in [0.25, 0.3) is 10.8 Å². The van der Waals surface area contributed by atoms with Gasteiger partial charge in [0, 0.05) is 34.1 Å². The predicted octanol–water partition coefficient (Wildman–Crippen LogP) is 3.49. The lowest BCUT2D eigenvalue weighted by atomic mass is 9.89. The number of nitrogens with zero attached hydrogens (tertiary/aromatic N) is 1. The lowest BCUT2D eigenvalue weighted by Crippen LogP contribution is -2.40. The molecule has 2 amide bonds. The molecule has 1 atom stereocenters. The molecule has 1 aliphatic heterocycles. The summed E-state index contributed by atoms with van der Waals surface area (Å²) in [6.45, 7) is 0.171. The molecule has 4 rings (SSSR count). The van der Waals surface area contributed by atoms with Crippen LogP contribution in [0.2, 0.25) is 5.02 Å². The summed E-state index contributed by atoms with van der Waals surface area (Å²) in [4.78, 5) is 28.9. The molecule has 0 saturated heterocycles. The van der Waals surface area contributed by atoms with Crippen LogP contribution in [0.3, 0.4) is 0 Å². The molecule has 1 unspecified atom stereocenters. The molecule has 0 spiro atoms. The molecule has 7 heteroatoms. The van der Waals surface area contributed by atoms with Crippen molar-refractivity contribution in [3.63, 3.8) is 0 Å². The van der Waals surface area contributed by atoms with Gasteiger partial charge in [-0.3, -0.25) is 14.6 Å². The largest absolute Gasteiger partial charge is 0.351 e. The molecule has 2 heterocycles. The average molecular weight is 370 g/mol. The smallest absolute Gasteiger partial charge is 0.251 e. The summed E-state index contributed by atoms with van der Waals surface area (Å²) in [5, 5.41) is 7.27. The molecule has 0 bridgehead atoms. The molecule has 1 aliphatic rings. The maximum absolute atomic E-state index is 13.4. The average Bonchev–Trinajstić information content (AvgIpc) is 2.61. The first-order chi connectivity index (χ1) is 12.5. The molecular formula is C19H13ClFN3O2. The van der Waals surface area contributed by atoms with Crippen LogP contribution in [0, 0.1) is 5.82 Å². The highest BCUT2D eigenvalue weighted by molar-refractivity contribution is 6.30. The zero-order valence-electron chi connectivity index (χ0n) is 13.4. The third-order valence-electron chi connectivity index (χ3n) is 4.40. The van der Waals surface area contributed by atoms with Crippen LogP contribution in [-0.4, -0.2) is 23.3 Å². The fourth-order valence-corrected chi connectivity index (χ4v) is 3.31. The highest BCUT2D eigenvalue weighted by Gasteiger charge is 2.30. The highest BCUT2D eigenvalue weighted by atomic mass is 35.5. The summed E-state index contributed by atoms with van der Waals surface area (Å²) in [5.41, 5.74) is 1.49. The van der Waals surface area contributed by atoms with Crippen LogP contribution < -0.4 is 10.6 Å². The second kappa shape index (κ2) is 6.38. The number of carbonyl (C=O) groups excluding carboxylic acids is 2. The Balaban J connectivity index is 1.69. The lowest BCUT2D eigenvalue weighted by Gasteiger charge is -2.25. The fraction of sp³-hybridized carbons (Fsp3) is 0.105. The molecular weight excluding hydrogens is 357 g/mol. The molecule has 0 aliphatic carbocycles. The van der Waals surface area contributed by atoms with Crippen molar-refractivity contribution in [2.45, 2.75) is 5.92 Å². The number of pyridine rings is 1. The first-order valence-electron chi connectivity index (χ1n) is 7.95. The molecule has 0 radical (unpaired) electrons. The number of anilines is 1. The molecule has 3 aromatic rings. The number of hydrogen-bond acceptors (Lipinski definition) is 3. The standard InChI is InChI=1S/C19H13ClFN3O2/c20-11-1-3-14-15(6-11)16(8-23-18(14)25)19(26)24-17-9-22-7-10-5-12(21)2-4-13(10)17/h1-7,9,16H,8H2,(H,23,25)(H,24,26). The predicted molar refractivity (Wildman–Crippen MR) is 96.9 cm³/mol. The number of fused-ring (bicyclic) bond motifs is 2. The number of aromatic nitrogens is 1. The van der Waals surface area contributed by atoms with Crippen LogP contribution in [0.4, 0.5) is 10.1 Å². The monoisotopic (exact) mass is 369 g/mol. The second-order valence-electron chi connectivity index (χ2n) is 6.04. The minimum absolute atomic E-state index is 0.171. The summed E-state index contributed by atoms with van der Waals surface area (Å²) in [6.07, 6.45) is 3.04. The summed E-state index contributed by atoms with van der Waals surface area (Å²) in [5.74, 6) is -1.49. The molecule has 0 saturated carbocycles. The van der Waals surface area contributed by atoms with E-state index in [-0.39, 0.29) is 24.2 Å². The number of nitrogens with one attached hydrogen (secondary N) is 2. The fourth-order valence-electron chi connectivity index (χ4n) is 3.13. The summed E-state index contributed by atoms with van der Waals surface area (Å²) >= 11 is 6.04. The third-order valence-corrected chi connectivity index (χ3v) is 4.63. The Morgan fingerprint density at radius 1 is 1.23 bits per heavy atom. The van der Waals surface area contributed by atoms with Gasteiger partial charge in [-0.25, -0.2) is 4.39 Å². The summed E-state index contributed by atoms with van der Waals surface area (Å²) in [6, 6.07) is 9.13. The molecule has 130 valence electrons. The number of rotatable bonds is 2. The Hall–Kier alpha value is -2.99. The van der Waals surface area contributed by atoms with Gasteiger partial charge in [0.15, 0.2) is 0 Å². The zero-order chi connectivity index (χ0) is 18.3. The van der Waals surface area contributed by atoms with Crippen LogP contribution in [0.5, 0.6) is 0 Å². The van der Waals surface area contributed by atoms with E-state index in [9.17, 15) is 14.0 Å². The van der Waals surface area contributed by atoms with Crippen molar-refractivity contribution in [2.75, 3.05) is 11.9 Å². The Morgan fingerprint density at radius 2 is 2.08 bits per heavy atom. The van der Waals surface area contributed by atoms with E-state index in [1.54, 1.807) is 24.3 Å². The van der Waals surface area contributed by atoms with Gasteiger partial charge in [-0.2, -0.15) is 0 Å². The van der Waals surface area contributed by atoms with Gasteiger partial charge < -0.3 is 10.6 Å². The van der Waals surface area contributed by atoms with Gasteiger partial charge in [0.25, 0.3) is 5.91 Å². The topological polar surface area (TPSA) is 71.1 Å². The van der Waals surface area contributed by atoms with Crippen molar-refractivity contribution in [3.8, 4) is 0 Å². The summed E-state index contributed by atoms with van der Waals surface area (Å²) in [7, 11) is 0. The van der Waals surface area contributed by atoms with Gasteiger partial charge >= 0.3 is 0 Å². The molecule has 2 aromatic carbocycles. The minimum Gasteiger partial charge on any atom is -0.351 e. The van der Waals surface area contributed by atoms with Gasteiger partial charge in [-0.15, -0.1) is 0 Å². The van der Waals surface area contributed by atoms with Crippen LogP contribution in [-0.2, 0) is 4.79 Å². The minimum atomic E-state index is -0.586. The molecule has 1 aromatic heterocycles. The van der Waals surface area contributed by atoms with Crippen LogP contribution in [0.15, 0.2) is 48.8 Å². The normalized spacial score (nSPS) is 16.1. The van der Waals surface area contributed by atoms with E-state index in [0.29, 0.717) is 32.6 Å². The van der Waals surface area contributed by atoms with E-state index >= 15 is 0 Å². The van der Waals surface area contributed by atoms with Crippen LogP contribution >= 0.6 is 11.6 Å². The first kappa shape index (κ1) is 16.5. The van der Waals surface area contributed by atoms with E-state index in [0.717, 1.165) is 0 Å². The Labute approximate surface area is 153 Å². The SMILES string of the molecule is O=C1NCC(C(=O)Nc2cncc3cc(F)ccc23)c2cc(Cl)ccc21. The van der Waals surface area contributed by atoms with Crippen molar-refractivity contribution in [1.29, 1.82) is 0 Å². The maximum atomic E-state index is 13.4. The van der Waals surface area contributed by atoms with Crippen molar-refractivity contribution >= 4 is 39.9 Å². The lowest BCUT2D eigenvalue weighted by molar-refractivity contribution is -0.117. The van der Waals surface area contributed by atoms with Crippen molar-refractivity contribution < 1.29 is 14.0 Å². The van der Waals surface area contributed by atoms with Gasteiger partial charge in [0.1, 0.15) is 5.82 Å². The molecule has 0 fully saturated rings. The van der Waals surface area contributed by atoms with E-state index in [1.807, 2.05) is 0 Å². The molecule has 5 nitrogen and oxygen atoms in total. The van der Waals surface area contributed by atoms with Gasteiger partial charge in [0.2, 0.25) is 5.91 Å². The van der Waals surface area contributed by atoms with Crippen molar-refractivity contribution in [2.24, 2.45) is 0 Å². The van der Waals surface area contributed by atoms with Crippen LogP contribution in [0.1, 0.15) is 21.8 Å². The maximum Gasteiger partial charge on any atom is 0.251 e. The quantitative estimate of drug-likeness (QED) is 0.726. The van der Waals surface area contributed by atoms with Gasteiger partial charge in [0.05, 0.1) is 17.8 Å². The van der Waals surface area contributed by atoms with E-state index in [2.05, 4.69) is 15.6 Å². The first-order valence-corrected chi connectivity index (χ1v) is 8.32. The number of amides is 2. The Bertz CT molecular complexity index is 1050. The zero-order valence-corrected chi connectivity index (χ0v) is 14.2. The Kier molecular flexibility index (Phi) is 4.05. The van der Waals surface area contributed by atoms with Crippen molar-refractivity contribution in [3.05, 3.63) is 70.8 Å². The third kappa shape index (κ3) is 2.88. The number of carbonyl (C=O) groups is 2.